The second kappa shape index (κ2) is 4.40. The smallest absolute Gasteiger partial charge is 0.188 e. The van der Waals surface area contributed by atoms with E-state index in [4.69, 9.17) is 5.73 Å². The van der Waals surface area contributed by atoms with Crippen molar-refractivity contribution >= 4 is 5.65 Å². The predicted molar refractivity (Wildman–Crippen MR) is 71.4 cm³/mol. The first-order valence-corrected chi connectivity index (χ1v) is 6.04. The van der Waals surface area contributed by atoms with Crippen molar-refractivity contribution in [3.63, 3.8) is 0 Å². The molecular formula is C13H14N6. The van der Waals surface area contributed by atoms with Crippen LogP contribution in [0.3, 0.4) is 0 Å². The molecule has 0 aliphatic heterocycles. The standard InChI is InChI=1S/C13H14N6/c1-8-5-12-17-18-13(19(12)9(2)16-8)11-4-3-10(6-14)7-15-11/h3-5,7H,6,14H2,1-2H3. The maximum Gasteiger partial charge on any atom is 0.188 e. The molecule has 3 rings (SSSR count). The number of fused-ring (bicyclic) bond motifs is 1. The third-order valence-corrected chi connectivity index (χ3v) is 2.98. The second-order valence-electron chi connectivity index (χ2n) is 4.42. The molecule has 3 heterocycles. The highest BCUT2D eigenvalue weighted by Gasteiger charge is 2.12. The quantitative estimate of drug-likeness (QED) is 0.744. The predicted octanol–water partition coefficient (Wildman–Crippen LogP) is 1.26. The Labute approximate surface area is 110 Å². The average molecular weight is 254 g/mol. The van der Waals surface area contributed by atoms with Crippen LogP contribution in [-0.2, 0) is 6.54 Å². The Morgan fingerprint density at radius 3 is 2.74 bits per heavy atom. The van der Waals surface area contributed by atoms with Gasteiger partial charge in [-0.2, -0.15) is 0 Å². The van der Waals surface area contributed by atoms with E-state index in [0.29, 0.717) is 12.4 Å². The third-order valence-electron chi connectivity index (χ3n) is 2.98. The first kappa shape index (κ1) is 11.7. The number of nitrogens with two attached hydrogens (primary N) is 1. The van der Waals surface area contributed by atoms with Crippen LogP contribution in [-0.4, -0.2) is 24.6 Å². The van der Waals surface area contributed by atoms with Gasteiger partial charge in [-0.15, -0.1) is 10.2 Å². The van der Waals surface area contributed by atoms with Crippen molar-refractivity contribution in [2.24, 2.45) is 5.73 Å². The normalized spacial score (nSPS) is 11.1. The van der Waals surface area contributed by atoms with Crippen LogP contribution in [0.15, 0.2) is 24.4 Å². The van der Waals surface area contributed by atoms with Crippen molar-refractivity contribution in [1.29, 1.82) is 0 Å². The van der Waals surface area contributed by atoms with E-state index in [0.717, 1.165) is 28.4 Å². The van der Waals surface area contributed by atoms with Gasteiger partial charge in [0.25, 0.3) is 0 Å². The van der Waals surface area contributed by atoms with Crippen LogP contribution in [0.1, 0.15) is 17.1 Å². The number of rotatable bonds is 2. The number of pyridine rings is 1. The average Bonchev–Trinajstić information content (AvgIpc) is 2.83. The van der Waals surface area contributed by atoms with E-state index >= 15 is 0 Å². The van der Waals surface area contributed by atoms with E-state index in [-0.39, 0.29) is 0 Å². The summed E-state index contributed by atoms with van der Waals surface area (Å²) in [5, 5.41) is 8.37. The number of aromatic nitrogens is 5. The van der Waals surface area contributed by atoms with Gasteiger partial charge in [0.15, 0.2) is 11.5 Å². The lowest BCUT2D eigenvalue weighted by atomic mass is 10.2. The van der Waals surface area contributed by atoms with E-state index in [9.17, 15) is 0 Å². The summed E-state index contributed by atoms with van der Waals surface area (Å²) in [6, 6.07) is 5.75. The zero-order valence-corrected chi connectivity index (χ0v) is 10.8. The zero-order valence-electron chi connectivity index (χ0n) is 10.8. The van der Waals surface area contributed by atoms with Gasteiger partial charge in [0, 0.05) is 24.5 Å². The first-order valence-electron chi connectivity index (χ1n) is 6.04. The van der Waals surface area contributed by atoms with Gasteiger partial charge in [-0.05, 0) is 25.5 Å². The molecule has 0 aromatic carbocycles. The molecule has 0 aliphatic rings. The number of hydrogen-bond donors (Lipinski definition) is 1. The Kier molecular flexibility index (Phi) is 2.72. The molecule has 3 aromatic heterocycles. The summed E-state index contributed by atoms with van der Waals surface area (Å²) in [6.07, 6.45) is 1.76. The van der Waals surface area contributed by atoms with Crippen LogP contribution in [0.25, 0.3) is 17.2 Å². The molecule has 3 aromatic rings. The van der Waals surface area contributed by atoms with E-state index in [2.05, 4.69) is 20.2 Å². The molecule has 0 radical (unpaired) electrons. The summed E-state index contributed by atoms with van der Waals surface area (Å²) in [7, 11) is 0. The van der Waals surface area contributed by atoms with E-state index in [1.165, 1.54) is 0 Å². The minimum atomic E-state index is 0.480. The van der Waals surface area contributed by atoms with Crippen LogP contribution in [0.5, 0.6) is 0 Å². The SMILES string of the molecule is Cc1cc2nnc(-c3ccc(CN)cn3)n2c(C)n1. The number of nitrogens with zero attached hydrogens (tertiary/aromatic N) is 5. The maximum absolute atomic E-state index is 5.57. The van der Waals surface area contributed by atoms with Gasteiger partial charge in [-0.3, -0.25) is 9.38 Å². The molecule has 0 unspecified atom stereocenters. The molecule has 6 heteroatoms. The zero-order chi connectivity index (χ0) is 13.4. The molecule has 19 heavy (non-hydrogen) atoms. The Balaban J connectivity index is 2.19. The summed E-state index contributed by atoms with van der Waals surface area (Å²) in [4.78, 5) is 8.80. The fourth-order valence-corrected chi connectivity index (χ4v) is 2.08. The Bertz CT molecular complexity index is 729. The lowest BCUT2D eigenvalue weighted by Gasteiger charge is -2.04. The lowest BCUT2D eigenvalue weighted by Crippen LogP contribution is -2.01. The van der Waals surface area contributed by atoms with Crippen LogP contribution >= 0.6 is 0 Å². The summed E-state index contributed by atoms with van der Waals surface area (Å²) in [5.74, 6) is 1.54. The molecule has 6 nitrogen and oxygen atoms in total. The molecule has 0 saturated carbocycles. The highest BCUT2D eigenvalue weighted by atomic mass is 15.3. The van der Waals surface area contributed by atoms with Crippen LogP contribution < -0.4 is 5.73 Å². The van der Waals surface area contributed by atoms with Crippen molar-refractivity contribution in [3.05, 3.63) is 41.5 Å². The molecule has 0 spiro atoms. The molecule has 0 bridgehead atoms. The Morgan fingerprint density at radius 1 is 1.21 bits per heavy atom. The van der Waals surface area contributed by atoms with Gasteiger partial charge >= 0.3 is 0 Å². The van der Waals surface area contributed by atoms with Crippen LogP contribution in [0.4, 0.5) is 0 Å². The monoisotopic (exact) mass is 254 g/mol. The maximum atomic E-state index is 5.57. The van der Waals surface area contributed by atoms with E-state index < -0.39 is 0 Å². The molecule has 0 fully saturated rings. The summed E-state index contributed by atoms with van der Waals surface area (Å²) in [6.45, 7) is 4.35. The van der Waals surface area contributed by atoms with Crippen molar-refractivity contribution in [2.75, 3.05) is 0 Å². The van der Waals surface area contributed by atoms with E-state index in [1.54, 1.807) is 6.20 Å². The van der Waals surface area contributed by atoms with Gasteiger partial charge in [0.05, 0.1) is 0 Å². The molecule has 0 amide bonds. The molecule has 2 N–H and O–H groups in total. The van der Waals surface area contributed by atoms with E-state index in [1.807, 2.05) is 36.4 Å². The van der Waals surface area contributed by atoms with Crippen LogP contribution in [0.2, 0.25) is 0 Å². The summed E-state index contributed by atoms with van der Waals surface area (Å²) < 4.78 is 1.90. The minimum Gasteiger partial charge on any atom is -0.326 e. The van der Waals surface area contributed by atoms with Crippen molar-refractivity contribution < 1.29 is 0 Å². The highest BCUT2D eigenvalue weighted by molar-refractivity contribution is 5.56. The molecule has 96 valence electrons. The topological polar surface area (TPSA) is 82.0 Å². The number of hydrogen-bond acceptors (Lipinski definition) is 5. The lowest BCUT2D eigenvalue weighted by molar-refractivity contribution is 0.955. The molecular weight excluding hydrogens is 240 g/mol. The fourth-order valence-electron chi connectivity index (χ4n) is 2.08. The second-order valence-corrected chi connectivity index (χ2v) is 4.42. The minimum absolute atomic E-state index is 0.480. The summed E-state index contributed by atoms with van der Waals surface area (Å²) in [5.41, 5.74) is 9.03. The molecule has 0 atom stereocenters. The first-order chi connectivity index (χ1) is 9.19. The Morgan fingerprint density at radius 2 is 2.05 bits per heavy atom. The van der Waals surface area contributed by atoms with Gasteiger partial charge in [0.1, 0.15) is 11.5 Å². The Hall–Kier alpha value is -2.34. The number of aryl methyl sites for hydroxylation is 2. The van der Waals surface area contributed by atoms with Crippen molar-refractivity contribution in [3.8, 4) is 11.5 Å². The third kappa shape index (κ3) is 1.96. The highest BCUT2D eigenvalue weighted by Crippen LogP contribution is 2.18. The van der Waals surface area contributed by atoms with Gasteiger partial charge in [0.2, 0.25) is 0 Å². The van der Waals surface area contributed by atoms with Gasteiger partial charge in [-0.25, -0.2) is 4.98 Å². The molecule has 0 aliphatic carbocycles. The van der Waals surface area contributed by atoms with Crippen molar-refractivity contribution in [2.45, 2.75) is 20.4 Å². The molecule has 0 saturated heterocycles. The largest absolute Gasteiger partial charge is 0.326 e. The van der Waals surface area contributed by atoms with Gasteiger partial charge < -0.3 is 5.73 Å². The van der Waals surface area contributed by atoms with Gasteiger partial charge in [-0.1, -0.05) is 6.07 Å². The van der Waals surface area contributed by atoms with Crippen molar-refractivity contribution in [1.82, 2.24) is 24.6 Å². The fraction of sp³-hybridized carbons (Fsp3) is 0.231. The van der Waals surface area contributed by atoms with Crippen LogP contribution in [0, 0.1) is 13.8 Å². The summed E-state index contributed by atoms with van der Waals surface area (Å²) >= 11 is 0.